The number of rotatable bonds is 4. The van der Waals surface area contributed by atoms with Crippen LogP contribution in [0.1, 0.15) is 27.9 Å². The highest BCUT2D eigenvalue weighted by Crippen LogP contribution is 2.42. The summed E-state index contributed by atoms with van der Waals surface area (Å²) in [6, 6.07) is 18.2. The van der Waals surface area contributed by atoms with Crippen LogP contribution in [0.15, 0.2) is 88.7 Å². The summed E-state index contributed by atoms with van der Waals surface area (Å²) in [5.41, 5.74) is 2.26. The van der Waals surface area contributed by atoms with Crippen molar-refractivity contribution >= 4 is 39.9 Å². The van der Waals surface area contributed by atoms with E-state index in [0.29, 0.717) is 27.4 Å². The number of aryl methyl sites for hydroxylation is 1. The van der Waals surface area contributed by atoms with E-state index >= 15 is 0 Å². The first-order valence-electron chi connectivity index (χ1n) is 9.93. The fraction of sp³-hybridized carbons (Fsp3) is 0.0800. The Morgan fingerprint density at radius 3 is 2.62 bits per heavy atom. The van der Waals surface area contributed by atoms with Crippen LogP contribution in [0.3, 0.4) is 0 Å². The highest BCUT2D eigenvalue weighted by Gasteiger charge is 2.46. The number of carbonyl (C=O) groups is 2. The van der Waals surface area contributed by atoms with Crippen LogP contribution in [0.5, 0.6) is 0 Å². The summed E-state index contributed by atoms with van der Waals surface area (Å²) < 4.78 is 5.73. The summed E-state index contributed by atoms with van der Waals surface area (Å²) in [5, 5.41) is 12.0. The Kier molecular flexibility index (Phi) is 4.79. The van der Waals surface area contributed by atoms with Gasteiger partial charge >= 0.3 is 0 Å². The quantitative estimate of drug-likeness (QED) is 0.416. The molecule has 0 radical (unpaired) electrons. The number of ketones is 1. The number of aliphatic hydroxyl groups is 1. The van der Waals surface area contributed by atoms with Gasteiger partial charge in [0.15, 0.2) is 11.5 Å². The molecule has 158 valence electrons. The predicted octanol–water partition coefficient (Wildman–Crippen LogP) is 5.57. The molecule has 0 aliphatic carbocycles. The van der Waals surface area contributed by atoms with Crippen LogP contribution in [0.25, 0.3) is 11.0 Å². The van der Waals surface area contributed by atoms with Crippen molar-refractivity contribution < 1.29 is 19.1 Å². The van der Waals surface area contributed by atoms with E-state index in [1.807, 2.05) is 19.1 Å². The third-order valence-corrected chi connectivity index (χ3v) is 5.73. The maximum atomic E-state index is 13.6. The van der Waals surface area contributed by atoms with Crippen molar-refractivity contribution in [2.24, 2.45) is 0 Å². The zero-order valence-corrected chi connectivity index (χ0v) is 17.7. The van der Waals surface area contributed by atoms with Gasteiger partial charge in [-0.05, 0) is 55.0 Å². The number of para-hydroxylation sites is 1. The molecular weight excluding hydrogens is 428 g/mol. The lowest BCUT2D eigenvalue weighted by Crippen LogP contribution is -2.32. The molecule has 0 saturated carbocycles. The van der Waals surface area contributed by atoms with Crippen molar-refractivity contribution in [3.8, 4) is 0 Å². The molecule has 1 aliphatic heterocycles. The molecule has 4 aromatic rings. The standard InChI is InChI=1S/C25H17ClN2O4/c1-14-6-2-3-8-18(14)28-22(17-7-4-5-11-27-17)21(24(30)25(28)31)23(29)20-13-15-12-16(26)9-10-19(15)32-20/h2-13,22,30H,1H3. The summed E-state index contributed by atoms with van der Waals surface area (Å²) in [4.78, 5) is 32.5. The molecule has 1 amide bonds. The van der Waals surface area contributed by atoms with Gasteiger partial charge in [0, 0.05) is 22.3 Å². The summed E-state index contributed by atoms with van der Waals surface area (Å²) in [6.45, 7) is 1.86. The SMILES string of the molecule is Cc1ccccc1N1C(=O)C(O)=C(C(=O)c2cc3cc(Cl)ccc3o2)C1c1ccccn1. The van der Waals surface area contributed by atoms with Gasteiger partial charge in [0.1, 0.15) is 11.6 Å². The lowest BCUT2D eigenvalue weighted by molar-refractivity contribution is -0.117. The Labute approximate surface area is 188 Å². The van der Waals surface area contributed by atoms with Crippen LogP contribution < -0.4 is 4.90 Å². The van der Waals surface area contributed by atoms with Gasteiger partial charge in [-0.2, -0.15) is 0 Å². The molecule has 2 aromatic heterocycles. The Balaban J connectivity index is 1.67. The number of aromatic nitrogens is 1. The molecule has 32 heavy (non-hydrogen) atoms. The smallest absolute Gasteiger partial charge is 0.294 e. The first-order chi connectivity index (χ1) is 15.5. The number of pyridine rings is 1. The second-order valence-electron chi connectivity index (χ2n) is 7.50. The molecular formula is C25H17ClN2O4. The highest BCUT2D eigenvalue weighted by molar-refractivity contribution is 6.31. The van der Waals surface area contributed by atoms with Crippen molar-refractivity contribution in [3.63, 3.8) is 0 Å². The third-order valence-electron chi connectivity index (χ3n) is 5.50. The number of nitrogens with zero attached hydrogens (tertiary/aromatic N) is 2. The van der Waals surface area contributed by atoms with Gasteiger partial charge in [0.25, 0.3) is 5.91 Å². The van der Waals surface area contributed by atoms with Crippen molar-refractivity contribution in [1.29, 1.82) is 0 Å². The number of hydrogen-bond donors (Lipinski definition) is 1. The summed E-state index contributed by atoms with van der Waals surface area (Å²) in [7, 11) is 0. The van der Waals surface area contributed by atoms with Gasteiger partial charge < -0.3 is 9.52 Å². The van der Waals surface area contributed by atoms with Crippen molar-refractivity contribution in [1.82, 2.24) is 4.98 Å². The van der Waals surface area contributed by atoms with Gasteiger partial charge in [-0.25, -0.2) is 0 Å². The van der Waals surface area contributed by atoms with E-state index in [1.54, 1.807) is 60.8 Å². The lowest BCUT2D eigenvalue weighted by Gasteiger charge is -2.27. The molecule has 0 bridgehead atoms. The van der Waals surface area contributed by atoms with Crippen LogP contribution in [0, 0.1) is 6.92 Å². The van der Waals surface area contributed by atoms with Gasteiger partial charge in [-0.3, -0.25) is 19.5 Å². The molecule has 2 aromatic carbocycles. The zero-order valence-electron chi connectivity index (χ0n) is 16.9. The number of amides is 1. The van der Waals surface area contributed by atoms with Crippen LogP contribution in [-0.2, 0) is 4.79 Å². The van der Waals surface area contributed by atoms with Crippen molar-refractivity contribution in [2.75, 3.05) is 4.90 Å². The highest BCUT2D eigenvalue weighted by atomic mass is 35.5. The summed E-state index contributed by atoms with van der Waals surface area (Å²) in [6.07, 6.45) is 1.58. The van der Waals surface area contributed by atoms with Crippen LogP contribution >= 0.6 is 11.6 Å². The Bertz CT molecular complexity index is 1410. The fourth-order valence-corrected chi connectivity index (χ4v) is 4.18. The molecule has 1 N–H and O–H groups in total. The molecule has 0 saturated heterocycles. The zero-order chi connectivity index (χ0) is 22.4. The van der Waals surface area contributed by atoms with E-state index in [0.717, 1.165) is 5.56 Å². The fourth-order valence-electron chi connectivity index (χ4n) is 4.00. The Morgan fingerprint density at radius 1 is 1.09 bits per heavy atom. The number of anilines is 1. The van der Waals surface area contributed by atoms with Crippen molar-refractivity contribution in [3.05, 3.63) is 106 Å². The minimum Gasteiger partial charge on any atom is -0.503 e. The van der Waals surface area contributed by atoms with Crippen molar-refractivity contribution in [2.45, 2.75) is 13.0 Å². The number of benzene rings is 2. The van der Waals surface area contributed by atoms with E-state index in [-0.39, 0.29) is 11.3 Å². The number of furan rings is 1. The average molecular weight is 445 g/mol. The molecule has 1 aliphatic rings. The van der Waals surface area contributed by atoms with E-state index in [1.165, 1.54) is 4.90 Å². The van der Waals surface area contributed by atoms with E-state index in [9.17, 15) is 14.7 Å². The molecule has 1 atom stereocenters. The molecule has 1 unspecified atom stereocenters. The number of Topliss-reactive ketones (excluding diaryl/α,β-unsaturated/α-hetero) is 1. The average Bonchev–Trinajstić information content (AvgIpc) is 3.33. The molecule has 3 heterocycles. The second kappa shape index (κ2) is 7.66. The first kappa shape index (κ1) is 20.0. The maximum absolute atomic E-state index is 13.6. The summed E-state index contributed by atoms with van der Waals surface area (Å²) in [5.74, 6) is -1.87. The molecule has 0 fully saturated rings. The van der Waals surface area contributed by atoms with Crippen LogP contribution in [0.4, 0.5) is 5.69 Å². The molecule has 7 heteroatoms. The summed E-state index contributed by atoms with van der Waals surface area (Å²) >= 11 is 6.05. The normalized spacial score (nSPS) is 16.2. The second-order valence-corrected chi connectivity index (χ2v) is 7.94. The van der Waals surface area contributed by atoms with Gasteiger partial charge in [0.2, 0.25) is 5.78 Å². The minimum absolute atomic E-state index is 0.00387. The number of aliphatic hydroxyl groups excluding tert-OH is 1. The molecule has 5 rings (SSSR count). The Hall–Kier alpha value is -3.90. The van der Waals surface area contributed by atoms with Gasteiger partial charge in [0.05, 0.1) is 11.3 Å². The van der Waals surface area contributed by atoms with E-state index < -0.39 is 23.5 Å². The van der Waals surface area contributed by atoms with Crippen LogP contribution in [-0.4, -0.2) is 21.8 Å². The Morgan fingerprint density at radius 2 is 1.88 bits per heavy atom. The topological polar surface area (TPSA) is 83.6 Å². The van der Waals surface area contributed by atoms with Gasteiger partial charge in [-0.15, -0.1) is 0 Å². The lowest BCUT2D eigenvalue weighted by atomic mass is 9.97. The number of carbonyl (C=O) groups excluding carboxylic acids is 2. The maximum Gasteiger partial charge on any atom is 0.294 e. The molecule has 6 nitrogen and oxygen atoms in total. The number of fused-ring (bicyclic) bond motifs is 1. The first-order valence-corrected chi connectivity index (χ1v) is 10.3. The van der Waals surface area contributed by atoms with E-state index in [4.69, 9.17) is 16.0 Å². The third kappa shape index (κ3) is 3.16. The largest absolute Gasteiger partial charge is 0.503 e. The number of hydrogen-bond acceptors (Lipinski definition) is 5. The predicted molar refractivity (Wildman–Crippen MR) is 121 cm³/mol. The monoisotopic (exact) mass is 444 g/mol. The van der Waals surface area contributed by atoms with Crippen LogP contribution in [0.2, 0.25) is 5.02 Å². The number of halogens is 1. The van der Waals surface area contributed by atoms with Gasteiger partial charge in [-0.1, -0.05) is 35.9 Å². The minimum atomic E-state index is -0.908. The van der Waals surface area contributed by atoms with E-state index in [2.05, 4.69) is 4.98 Å². The molecule has 0 spiro atoms.